The minimum absolute atomic E-state index is 0.0213. The van der Waals surface area contributed by atoms with Gasteiger partial charge in [0, 0.05) is 6.04 Å². The summed E-state index contributed by atoms with van der Waals surface area (Å²) in [5, 5.41) is 0.632. The van der Waals surface area contributed by atoms with Crippen molar-refractivity contribution in [2.75, 3.05) is 0 Å². The number of hydrogen-bond acceptors (Lipinski definition) is 2. The summed E-state index contributed by atoms with van der Waals surface area (Å²) < 4.78 is 6.17. The molecule has 3 heteroatoms. The molecule has 2 aromatic carbocycles. The molecule has 0 spiro atoms. The van der Waals surface area contributed by atoms with Crippen LogP contribution in [0.25, 0.3) is 0 Å². The summed E-state index contributed by atoms with van der Waals surface area (Å²) in [6.07, 6.45) is 3.40. The average Bonchev–Trinajstić information content (AvgIpc) is 2.49. The van der Waals surface area contributed by atoms with Crippen LogP contribution in [0.3, 0.4) is 0 Å². The molecule has 2 atom stereocenters. The Labute approximate surface area is 130 Å². The molecule has 2 aromatic rings. The Morgan fingerprint density at radius 2 is 2.05 bits per heavy atom. The zero-order chi connectivity index (χ0) is 14.8. The van der Waals surface area contributed by atoms with E-state index in [4.69, 9.17) is 22.1 Å². The van der Waals surface area contributed by atoms with Gasteiger partial charge in [0.2, 0.25) is 0 Å². The molecule has 2 unspecified atom stereocenters. The van der Waals surface area contributed by atoms with E-state index in [0.29, 0.717) is 5.02 Å². The van der Waals surface area contributed by atoms with Crippen LogP contribution in [0.2, 0.25) is 5.02 Å². The van der Waals surface area contributed by atoms with Crippen molar-refractivity contribution in [2.45, 2.75) is 38.3 Å². The van der Waals surface area contributed by atoms with Crippen LogP contribution < -0.4 is 10.5 Å². The van der Waals surface area contributed by atoms with Crippen molar-refractivity contribution in [2.24, 2.45) is 5.73 Å². The zero-order valence-electron chi connectivity index (χ0n) is 12.2. The van der Waals surface area contributed by atoms with Crippen LogP contribution in [0.1, 0.15) is 48.6 Å². The number of benzene rings is 2. The fourth-order valence-electron chi connectivity index (χ4n) is 2.88. The molecule has 0 amide bonds. The normalized spacial score (nSPS) is 18.9. The molecule has 0 aromatic heterocycles. The molecule has 110 valence electrons. The molecule has 0 fully saturated rings. The molecule has 1 aliphatic carbocycles. The summed E-state index contributed by atoms with van der Waals surface area (Å²) in [4.78, 5) is 0. The number of fused-ring (bicyclic) bond motifs is 1. The summed E-state index contributed by atoms with van der Waals surface area (Å²) in [7, 11) is 0. The van der Waals surface area contributed by atoms with Crippen LogP contribution in [-0.4, -0.2) is 0 Å². The molecule has 0 saturated carbocycles. The monoisotopic (exact) mass is 301 g/mol. The van der Waals surface area contributed by atoms with Crippen molar-refractivity contribution in [1.29, 1.82) is 0 Å². The molecule has 0 heterocycles. The van der Waals surface area contributed by atoms with Crippen LogP contribution >= 0.6 is 11.6 Å². The van der Waals surface area contributed by atoms with E-state index < -0.39 is 0 Å². The minimum Gasteiger partial charge on any atom is -0.484 e. The molecular weight excluding hydrogens is 282 g/mol. The predicted octanol–water partition coefficient (Wildman–Crippen LogP) is 4.82. The van der Waals surface area contributed by atoms with Crippen LogP contribution in [0.5, 0.6) is 5.75 Å². The fourth-order valence-corrected chi connectivity index (χ4v) is 3.11. The topological polar surface area (TPSA) is 35.2 Å². The third kappa shape index (κ3) is 3.07. The van der Waals surface area contributed by atoms with Gasteiger partial charge in [-0.2, -0.15) is 0 Å². The van der Waals surface area contributed by atoms with Gasteiger partial charge >= 0.3 is 0 Å². The molecule has 2 N–H and O–H groups in total. The van der Waals surface area contributed by atoms with Gasteiger partial charge in [0.05, 0.1) is 5.02 Å². The van der Waals surface area contributed by atoms with E-state index in [1.165, 1.54) is 11.1 Å². The van der Waals surface area contributed by atoms with Gasteiger partial charge in [-0.1, -0.05) is 41.9 Å². The quantitative estimate of drug-likeness (QED) is 0.882. The molecule has 1 aliphatic rings. The lowest BCUT2D eigenvalue weighted by Crippen LogP contribution is -2.15. The second-order valence-electron chi connectivity index (χ2n) is 5.68. The maximum absolute atomic E-state index is 6.34. The van der Waals surface area contributed by atoms with Crippen molar-refractivity contribution >= 4 is 11.6 Å². The Balaban J connectivity index is 1.85. The average molecular weight is 302 g/mol. The van der Waals surface area contributed by atoms with E-state index >= 15 is 0 Å². The first-order valence-electron chi connectivity index (χ1n) is 7.44. The number of rotatable bonds is 3. The fraction of sp³-hybridized carbons (Fsp3) is 0.333. The standard InChI is InChI=1S/C18H20ClNO/c1-12(20)14-9-10-18(16(19)11-14)21-17-8-4-6-13-5-2-3-7-15(13)17/h2-3,5,7,9-12,17H,4,6,8,20H2,1H3. The summed E-state index contributed by atoms with van der Waals surface area (Å²) in [5.74, 6) is 0.739. The van der Waals surface area contributed by atoms with E-state index in [1.54, 1.807) is 0 Å². The Morgan fingerprint density at radius 1 is 1.24 bits per heavy atom. The van der Waals surface area contributed by atoms with Crippen LogP contribution in [0.4, 0.5) is 0 Å². The predicted molar refractivity (Wildman–Crippen MR) is 86.8 cm³/mol. The number of hydrogen-bond donors (Lipinski definition) is 1. The van der Waals surface area contributed by atoms with E-state index in [0.717, 1.165) is 30.6 Å². The lowest BCUT2D eigenvalue weighted by atomic mass is 9.89. The van der Waals surface area contributed by atoms with E-state index in [9.17, 15) is 0 Å². The molecule has 3 rings (SSSR count). The van der Waals surface area contributed by atoms with E-state index in [-0.39, 0.29) is 12.1 Å². The summed E-state index contributed by atoms with van der Waals surface area (Å²) in [6, 6.07) is 14.3. The Morgan fingerprint density at radius 3 is 2.81 bits per heavy atom. The minimum atomic E-state index is -0.0213. The smallest absolute Gasteiger partial charge is 0.138 e. The van der Waals surface area contributed by atoms with E-state index in [2.05, 4.69) is 24.3 Å². The van der Waals surface area contributed by atoms with Crippen molar-refractivity contribution in [3.63, 3.8) is 0 Å². The molecule has 2 nitrogen and oxygen atoms in total. The van der Waals surface area contributed by atoms with Crippen molar-refractivity contribution in [3.05, 3.63) is 64.2 Å². The third-order valence-electron chi connectivity index (χ3n) is 4.07. The first-order valence-corrected chi connectivity index (χ1v) is 7.82. The van der Waals surface area contributed by atoms with Crippen LogP contribution in [-0.2, 0) is 6.42 Å². The zero-order valence-corrected chi connectivity index (χ0v) is 12.9. The maximum Gasteiger partial charge on any atom is 0.138 e. The van der Waals surface area contributed by atoms with Gasteiger partial charge in [0.1, 0.15) is 11.9 Å². The lowest BCUT2D eigenvalue weighted by Gasteiger charge is -2.26. The van der Waals surface area contributed by atoms with Gasteiger partial charge in [-0.25, -0.2) is 0 Å². The summed E-state index contributed by atoms with van der Waals surface area (Å²) in [5.41, 5.74) is 9.58. The molecule has 0 bridgehead atoms. The highest BCUT2D eigenvalue weighted by Crippen LogP contribution is 2.36. The van der Waals surface area contributed by atoms with Gasteiger partial charge in [-0.15, -0.1) is 0 Å². The maximum atomic E-state index is 6.34. The molecular formula is C18H20ClNO. The summed E-state index contributed by atoms with van der Waals surface area (Å²) >= 11 is 6.34. The number of aryl methyl sites for hydroxylation is 1. The Bertz CT molecular complexity index is 639. The second-order valence-corrected chi connectivity index (χ2v) is 6.08. The Kier molecular flexibility index (Phi) is 4.18. The second kappa shape index (κ2) is 6.08. The summed E-state index contributed by atoms with van der Waals surface area (Å²) in [6.45, 7) is 1.95. The Hall–Kier alpha value is -1.51. The van der Waals surface area contributed by atoms with Crippen molar-refractivity contribution in [1.82, 2.24) is 0 Å². The van der Waals surface area contributed by atoms with Crippen molar-refractivity contribution < 1.29 is 4.74 Å². The molecule has 0 radical (unpaired) electrons. The van der Waals surface area contributed by atoms with Gasteiger partial charge in [0.15, 0.2) is 0 Å². The van der Waals surface area contributed by atoms with Gasteiger partial charge in [-0.3, -0.25) is 0 Å². The van der Waals surface area contributed by atoms with E-state index in [1.807, 2.05) is 25.1 Å². The number of halogens is 1. The lowest BCUT2D eigenvalue weighted by molar-refractivity contribution is 0.183. The van der Waals surface area contributed by atoms with Crippen LogP contribution in [0.15, 0.2) is 42.5 Å². The molecule has 0 aliphatic heterocycles. The molecule has 0 saturated heterocycles. The largest absolute Gasteiger partial charge is 0.484 e. The first-order chi connectivity index (χ1) is 10.1. The highest BCUT2D eigenvalue weighted by molar-refractivity contribution is 6.32. The van der Waals surface area contributed by atoms with Gasteiger partial charge in [0.25, 0.3) is 0 Å². The van der Waals surface area contributed by atoms with Gasteiger partial charge < -0.3 is 10.5 Å². The third-order valence-corrected chi connectivity index (χ3v) is 4.36. The SMILES string of the molecule is CC(N)c1ccc(OC2CCCc3ccccc32)c(Cl)c1. The first kappa shape index (κ1) is 14.4. The highest BCUT2D eigenvalue weighted by atomic mass is 35.5. The molecule has 21 heavy (non-hydrogen) atoms. The van der Waals surface area contributed by atoms with Crippen LogP contribution in [0, 0.1) is 0 Å². The van der Waals surface area contributed by atoms with Crippen molar-refractivity contribution in [3.8, 4) is 5.75 Å². The number of nitrogens with two attached hydrogens (primary N) is 1. The van der Waals surface area contributed by atoms with Gasteiger partial charge in [-0.05, 0) is 55.0 Å². The highest BCUT2D eigenvalue weighted by Gasteiger charge is 2.22. The number of ether oxygens (including phenoxy) is 1.